The van der Waals surface area contributed by atoms with Crippen LogP contribution in [-0.4, -0.2) is 87.5 Å². The topological polar surface area (TPSA) is 149 Å². The first kappa shape index (κ1) is 51.9. The highest BCUT2D eigenvalue weighted by molar-refractivity contribution is 5.76. The van der Waals surface area contributed by atoms with Crippen LogP contribution in [0.5, 0.6) is 0 Å². The maximum atomic E-state index is 12.9. The monoisotopic (exact) mass is 790 g/mol. The Hall–Kier alpha value is -2.11. The molecule has 9 heteroatoms. The number of aliphatic hydroxyl groups is 5. The van der Waals surface area contributed by atoms with Gasteiger partial charge in [0.25, 0.3) is 0 Å². The minimum Gasteiger partial charge on any atom is -0.394 e. The predicted octanol–water partition coefficient (Wildman–Crippen LogP) is 9.22. The zero-order chi connectivity index (χ0) is 40.9. The quantitative estimate of drug-likeness (QED) is 0.0272. The Morgan fingerprint density at radius 2 is 1.09 bits per heavy atom. The molecule has 6 N–H and O–H groups in total. The van der Waals surface area contributed by atoms with Crippen molar-refractivity contribution in [3.8, 4) is 0 Å². The van der Waals surface area contributed by atoms with Crippen LogP contribution in [0.3, 0.4) is 0 Å². The van der Waals surface area contributed by atoms with E-state index in [2.05, 4.69) is 67.8 Å². The highest BCUT2D eigenvalue weighted by Crippen LogP contribution is 2.22. The Morgan fingerprint density at radius 1 is 0.607 bits per heavy atom. The van der Waals surface area contributed by atoms with Crippen LogP contribution in [0.4, 0.5) is 0 Å². The molecule has 324 valence electrons. The van der Waals surface area contributed by atoms with Crippen molar-refractivity contribution in [2.75, 3.05) is 13.2 Å². The number of nitrogens with one attached hydrogen (secondary N) is 1. The average Bonchev–Trinajstić information content (AvgIpc) is 3.20. The Kier molecular flexibility index (Phi) is 34.5. The zero-order valence-electron chi connectivity index (χ0n) is 35.4. The van der Waals surface area contributed by atoms with E-state index < -0.39 is 49.5 Å². The first-order valence-corrected chi connectivity index (χ1v) is 22.5. The van der Waals surface area contributed by atoms with Crippen molar-refractivity contribution < 1.29 is 39.8 Å². The third kappa shape index (κ3) is 27.5. The number of carbonyl (C=O) groups is 1. The maximum Gasteiger partial charge on any atom is 0.220 e. The summed E-state index contributed by atoms with van der Waals surface area (Å²) in [5, 5.41) is 54.0. The van der Waals surface area contributed by atoms with Gasteiger partial charge in [0.05, 0.1) is 25.4 Å². The normalized spacial score (nSPS) is 21.7. The molecule has 0 aromatic heterocycles. The lowest BCUT2D eigenvalue weighted by molar-refractivity contribution is -0.302. The van der Waals surface area contributed by atoms with Crippen LogP contribution in [-0.2, 0) is 14.3 Å². The molecule has 1 aliphatic rings. The zero-order valence-corrected chi connectivity index (χ0v) is 35.4. The maximum absolute atomic E-state index is 12.9. The summed E-state index contributed by atoms with van der Waals surface area (Å²) in [6.07, 6.45) is 41.2. The molecule has 1 amide bonds. The number of allylic oxidation sites excluding steroid dienone is 9. The summed E-state index contributed by atoms with van der Waals surface area (Å²) in [6, 6.07) is -0.830. The van der Waals surface area contributed by atoms with Crippen molar-refractivity contribution in [1.29, 1.82) is 0 Å². The molecule has 1 saturated heterocycles. The number of ether oxygens (including phenoxy) is 2. The minimum absolute atomic E-state index is 0.200. The van der Waals surface area contributed by atoms with E-state index in [1.165, 1.54) is 83.5 Å². The average molecular weight is 790 g/mol. The van der Waals surface area contributed by atoms with E-state index in [0.717, 1.165) is 70.6 Å². The molecule has 7 unspecified atom stereocenters. The second-order valence-electron chi connectivity index (χ2n) is 15.5. The molecule has 1 heterocycles. The molecule has 1 rings (SSSR count). The van der Waals surface area contributed by atoms with E-state index in [0.29, 0.717) is 6.42 Å². The van der Waals surface area contributed by atoms with Gasteiger partial charge in [0, 0.05) is 6.42 Å². The van der Waals surface area contributed by atoms with E-state index in [9.17, 15) is 30.3 Å². The van der Waals surface area contributed by atoms with Crippen molar-refractivity contribution in [3.05, 3.63) is 60.8 Å². The first-order chi connectivity index (χ1) is 27.3. The number of amides is 1. The molecule has 7 atom stereocenters. The lowest BCUT2D eigenvalue weighted by Crippen LogP contribution is -2.60. The predicted molar refractivity (Wildman–Crippen MR) is 230 cm³/mol. The smallest absolute Gasteiger partial charge is 0.220 e. The van der Waals surface area contributed by atoms with Gasteiger partial charge in [0.1, 0.15) is 24.4 Å². The molecule has 0 aromatic rings. The summed E-state index contributed by atoms with van der Waals surface area (Å²) >= 11 is 0. The molecule has 0 saturated carbocycles. The van der Waals surface area contributed by atoms with Crippen LogP contribution < -0.4 is 5.32 Å². The lowest BCUT2D eigenvalue weighted by Gasteiger charge is -2.40. The summed E-state index contributed by atoms with van der Waals surface area (Å²) < 4.78 is 11.2. The molecule has 0 bridgehead atoms. The van der Waals surface area contributed by atoms with Crippen LogP contribution in [0.15, 0.2) is 60.8 Å². The van der Waals surface area contributed by atoms with Crippen LogP contribution in [0, 0.1) is 0 Å². The second kappa shape index (κ2) is 37.2. The molecule has 9 nitrogen and oxygen atoms in total. The summed E-state index contributed by atoms with van der Waals surface area (Å²) in [6.45, 7) is 3.67. The van der Waals surface area contributed by atoms with Crippen LogP contribution in [0.2, 0.25) is 0 Å². The largest absolute Gasteiger partial charge is 0.394 e. The minimum atomic E-state index is -1.58. The van der Waals surface area contributed by atoms with Gasteiger partial charge in [-0.2, -0.15) is 0 Å². The van der Waals surface area contributed by atoms with Gasteiger partial charge in [-0.05, 0) is 70.6 Å². The Balaban J connectivity index is 2.35. The van der Waals surface area contributed by atoms with Crippen molar-refractivity contribution in [2.24, 2.45) is 0 Å². The van der Waals surface area contributed by atoms with Gasteiger partial charge in [0.15, 0.2) is 6.29 Å². The second-order valence-corrected chi connectivity index (χ2v) is 15.5. The van der Waals surface area contributed by atoms with Gasteiger partial charge in [0.2, 0.25) is 5.91 Å². The van der Waals surface area contributed by atoms with Gasteiger partial charge < -0.3 is 40.3 Å². The SMILES string of the molecule is CCCC/C=C/CC/C=C/CC/C=C/C(O)C(COC1OC(CO)C(O)C(O)C1O)NC(=O)CCCCCCCCCCC/C=C\C/C=C\CCCCCCC. The van der Waals surface area contributed by atoms with Crippen molar-refractivity contribution in [1.82, 2.24) is 5.32 Å². The Morgan fingerprint density at radius 3 is 1.66 bits per heavy atom. The van der Waals surface area contributed by atoms with Crippen molar-refractivity contribution in [2.45, 2.75) is 217 Å². The third-order valence-corrected chi connectivity index (χ3v) is 10.3. The highest BCUT2D eigenvalue weighted by Gasteiger charge is 2.44. The van der Waals surface area contributed by atoms with Gasteiger partial charge in [-0.25, -0.2) is 0 Å². The molecule has 56 heavy (non-hydrogen) atoms. The van der Waals surface area contributed by atoms with Gasteiger partial charge in [-0.3, -0.25) is 4.79 Å². The number of carbonyl (C=O) groups excluding carboxylic acids is 1. The number of aliphatic hydroxyl groups excluding tert-OH is 5. The molecule has 1 aliphatic heterocycles. The molecule has 0 aliphatic carbocycles. The van der Waals surface area contributed by atoms with Gasteiger partial charge in [-0.15, -0.1) is 0 Å². The summed E-state index contributed by atoms with van der Waals surface area (Å²) in [5.74, 6) is -0.200. The van der Waals surface area contributed by atoms with Gasteiger partial charge >= 0.3 is 0 Å². The number of unbranched alkanes of at least 4 members (excludes halogenated alkanes) is 18. The number of hydrogen-bond donors (Lipinski definition) is 6. The van der Waals surface area contributed by atoms with Crippen LogP contribution in [0.25, 0.3) is 0 Å². The lowest BCUT2D eigenvalue weighted by atomic mass is 9.99. The standard InChI is InChI=1S/C47H83NO8/c1-3-5-7-9-11-13-15-17-18-19-20-21-22-23-24-25-27-29-31-33-35-37-43(51)48-40(39-55-47-46(54)45(53)44(52)42(38-49)56-47)41(50)36-34-32-30-28-26-16-14-12-10-8-6-4-2/h10,12,15,17,19-20,26,28,34,36,40-42,44-47,49-50,52-54H,3-9,11,13-14,16,18,21-25,27,29-33,35,37-39H2,1-2H3,(H,48,51)/b12-10+,17-15-,20-19-,28-26+,36-34+. The Bertz CT molecular complexity index is 1060. The fraction of sp³-hybridized carbons (Fsp3) is 0.766. The van der Waals surface area contributed by atoms with E-state index >= 15 is 0 Å². The fourth-order valence-corrected chi connectivity index (χ4v) is 6.61. The van der Waals surface area contributed by atoms with Crippen LogP contribution >= 0.6 is 0 Å². The molecule has 1 fully saturated rings. The van der Waals surface area contributed by atoms with E-state index in [1.807, 2.05) is 6.08 Å². The first-order valence-electron chi connectivity index (χ1n) is 22.5. The molecular weight excluding hydrogens is 707 g/mol. The summed E-state index contributed by atoms with van der Waals surface area (Å²) in [4.78, 5) is 12.9. The van der Waals surface area contributed by atoms with E-state index in [4.69, 9.17) is 9.47 Å². The van der Waals surface area contributed by atoms with E-state index in [1.54, 1.807) is 6.08 Å². The summed E-state index contributed by atoms with van der Waals surface area (Å²) in [7, 11) is 0. The summed E-state index contributed by atoms with van der Waals surface area (Å²) in [5.41, 5.74) is 0. The Labute approximate surface area is 341 Å². The molecule has 0 radical (unpaired) electrons. The molecular formula is C47H83NO8. The highest BCUT2D eigenvalue weighted by atomic mass is 16.7. The van der Waals surface area contributed by atoms with Crippen molar-refractivity contribution in [3.63, 3.8) is 0 Å². The molecule has 0 aromatic carbocycles. The van der Waals surface area contributed by atoms with E-state index in [-0.39, 0.29) is 12.5 Å². The molecule has 0 spiro atoms. The fourth-order valence-electron chi connectivity index (χ4n) is 6.61. The van der Waals surface area contributed by atoms with Crippen LogP contribution in [0.1, 0.15) is 174 Å². The third-order valence-electron chi connectivity index (χ3n) is 10.3. The van der Waals surface area contributed by atoms with Crippen molar-refractivity contribution >= 4 is 5.91 Å². The van der Waals surface area contributed by atoms with Gasteiger partial charge in [-0.1, -0.05) is 158 Å². The number of hydrogen-bond acceptors (Lipinski definition) is 8. The number of rotatable bonds is 36.